The second-order valence-corrected chi connectivity index (χ2v) is 27.2. The summed E-state index contributed by atoms with van der Waals surface area (Å²) in [5.74, 6) is 0.826. The molecule has 1 aliphatic rings. The lowest BCUT2D eigenvalue weighted by molar-refractivity contribution is -0.125. The molecule has 0 radical (unpaired) electrons. The van der Waals surface area contributed by atoms with Crippen molar-refractivity contribution in [2.75, 3.05) is 31.9 Å². The minimum atomic E-state index is -3.91. The topological polar surface area (TPSA) is 111 Å². The van der Waals surface area contributed by atoms with Crippen molar-refractivity contribution in [2.45, 2.75) is 77.7 Å². The molecule has 0 bridgehead atoms. The van der Waals surface area contributed by atoms with Gasteiger partial charge in [0.25, 0.3) is 0 Å². The fraction of sp³-hybridized carbons (Fsp3) is 0.485. The summed E-state index contributed by atoms with van der Waals surface area (Å²) in [4.78, 5) is 33.4. The number of furan rings is 1. The summed E-state index contributed by atoms with van der Waals surface area (Å²) in [7, 11) is -5.07. The highest BCUT2D eigenvalue weighted by molar-refractivity contribution is 7.48. The Kier molecular flexibility index (Phi) is 11.7. The van der Waals surface area contributed by atoms with Crippen LogP contribution >= 0.6 is 7.82 Å². The quantitative estimate of drug-likeness (QED) is 0.0903. The first kappa shape index (κ1) is 36.0. The molecule has 0 fully saturated rings. The molecule has 46 heavy (non-hydrogen) atoms. The fourth-order valence-electron chi connectivity index (χ4n) is 4.80. The van der Waals surface area contributed by atoms with Gasteiger partial charge < -0.3 is 9.32 Å². The number of fused-ring (bicyclic) bond motifs is 2. The van der Waals surface area contributed by atoms with Crippen LogP contribution in [0, 0.1) is 6.92 Å². The van der Waals surface area contributed by atoms with Gasteiger partial charge >= 0.3 is 7.82 Å². The van der Waals surface area contributed by atoms with E-state index in [1.165, 1.54) is 11.0 Å². The molecule has 0 unspecified atom stereocenters. The zero-order chi connectivity index (χ0) is 33.7. The van der Waals surface area contributed by atoms with Crippen LogP contribution in [0.5, 0.6) is 0 Å². The van der Waals surface area contributed by atoms with E-state index in [9.17, 15) is 14.2 Å². The lowest BCUT2D eigenvalue weighted by Gasteiger charge is -2.29. The van der Waals surface area contributed by atoms with Crippen molar-refractivity contribution < 1.29 is 32.1 Å². The molecule has 3 heterocycles. The van der Waals surface area contributed by atoms with E-state index in [0.717, 1.165) is 45.5 Å². The first-order chi connectivity index (χ1) is 21.5. The minimum Gasteiger partial charge on any atom is -0.459 e. The molecule has 0 saturated carbocycles. The zero-order valence-corrected chi connectivity index (χ0v) is 31.3. The van der Waals surface area contributed by atoms with Crippen molar-refractivity contribution in [2.24, 2.45) is 0 Å². The SMILES string of the molecule is Cc1c(CN(C)C(=O)C=Cc2cnc3c(c2)CCC(=O)N3COP(=O)(OCC[Si](C)(C)C)OCC[Si](C)(C)C)oc2ccccc12. The molecule has 0 saturated heterocycles. The van der Waals surface area contributed by atoms with Gasteiger partial charge in [0.15, 0.2) is 0 Å². The number of carbonyl (C=O) groups excluding carboxylic acids is 2. The van der Waals surface area contributed by atoms with E-state index in [4.69, 9.17) is 18.0 Å². The van der Waals surface area contributed by atoms with Gasteiger partial charge in [-0.2, -0.15) is 0 Å². The smallest absolute Gasteiger partial charge is 0.459 e. The minimum absolute atomic E-state index is 0.179. The van der Waals surface area contributed by atoms with E-state index < -0.39 is 24.0 Å². The van der Waals surface area contributed by atoms with Crippen LogP contribution in [0.15, 0.2) is 47.0 Å². The highest BCUT2D eigenvalue weighted by Crippen LogP contribution is 2.50. The molecule has 13 heteroatoms. The van der Waals surface area contributed by atoms with Crippen molar-refractivity contribution in [1.82, 2.24) is 9.88 Å². The number of phosphoric acid groups is 1. The van der Waals surface area contributed by atoms with E-state index in [2.05, 4.69) is 44.3 Å². The van der Waals surface area contributed by atoms with Gasteiger partial charge in [0, 0.05) is 52.8 Å². The van der Waals surface area contributed by atoms with Crippen LogP contribution in [-0.4, -0.2) is 64.8 Å². The second-order valence-electron chi connectivity index (χ2n) is 14.2. The second kappa shape index (κ2) is 14.9. The summed E-state index contributed by atoms with van der Waals surface area (Å²) < 4.78 is 36.9. The van der Waals surface area contributed by atoms with E-state index in [-0.39, 0.29) is 38.2 Å². The molecule has 250 valence electrons. The lowest BCUT2D eigenvalue weighted by Crippen LogP contribution is -2.37. The van der Waals surface area contributed by atoms with E-state index >= 15 is 0 Å². The van der Waals surface area contributed by atoms with E-state index in [0.29, 0.717) is 18.8 Å². The van der Waals surface area contributed by atoms with E-state index in [1.807, 2.05) is 37.3 Å². The Morgan fingerprint density at radius 2 is 1.70 bits per heavy atom. The molecular weight excluding hydrogens is 638 g/mol. The molecule has 3 aromatic rings. The van der Waals surface area contributed by atoms with Crippen LogP contribution in [0.4, 0.5) is 5.82 Å². The van der Waals surface area contributed by atoms with Gasteiger partial charge in [-0.25, -0.2) is 9.55 Å². The number of amides is 2. The molecule has 10 nitrogen and oxygen atoms in total. The normalized spacial score (nSPS) is 14.3. The van der Waals surface area contributed by atoms with Crippen LogP contribution in [-0.2, 0) is 40.7 Å². The molecule has 0 spiro atoms. The Hall–Kier alpha value is -2.87. The molecule has 0 atom stereocenters. The van der Waals surface area contributed by atoms with Gasteiger partial charge in [0.05, 0.1) is 19.8 Å². The van der Waals surface area contributed by atoms with Gasteiger partial charge in [0.2, 0.25) is 11.8 Å². The molecule has 0 aliphatic carbocycles. The lowest BCUT2D eigenvalue weighted by atomic mass is 10.0. The Balaban J connectivity index is 1.41. The number of anilines is 1. The summed E-state index contributed by atoms with van der Waals surface area (Å²) in [6.45, 7) is 15.9. The largest absolute Gasteiger partial charge is 0.476 e. The number of phosphoric ester groups is 1. The Bertz CT molecular complexity index is 1600. The highest BCUT2D eigenvalue weighted by Gasteiger charge is 2.33. The fourth-order valence-corrected chi connectivity index (χ4v) is 7.68. The van der Waals surface area contributed by atoms with Crippen LogP contribution in [0.25, 0.3) is 17.0 Å². The monoisotopic (exact) mass is 685 g/mol. The predicted octanol–water partition coefficient (Wildman–Crippen LogP) is 7.88. The number of likely N-dealkylation sites (N-methyl/N-ethyl adjacent to an activating group) is 1. The van der Waals surface area contributed by atoms with Crippen molar-refractivity contribution in [3.05, 3.63) is 65.1 Å². The molecule has 2 aromatic heterocycles. The zero-order valence-electron chi connectivity index (χ0n) is 28.4. The first-order valence-electron chi connectivity index (χ1n) is 15.8. The van der Waals surface area contributed by atoms with Gasteiger partial charge in [-0.15, -0.1) is 0 Å². The van der Waals surface area contributed by atoms with Gasteiger partial charge in [-0.3, -0.25) is 28.1 Å². The van der Waals surface area contributed by atoms with Crippen LogP contribution < -0.4 is 4.90 Å². The standard InChI is InChI=1S/C33H48N3O7PSi2/c1-25-28-11-9-10-12-29(28)43-30(25)23-35(2)31(37)15-13-26-21-27-14-16-32(38)36(33(27)34-22-26)24-42-44(39,40-17-19-45(3,4)5)41-18-20-46(6,7)8/h9-13,15,21-22H,14,16-20,23-24H2,1-8H3. The maximum atomic E-state index is 13.6. The molecule has 1 aromatic carbocycles. The van der Waals surface area contributed by atoms with Gasteiger partial charge in [-0.1, -0.05) is 57.5 Å². The third-order valence-corrected chi connectivity index (χ3v) is 12.6. The number of benzene rings is 1. The number of para-hydroxylation sites is 1. The van der Waals surface area contributed by atoms with Crippen molar-refractivity contribution >= 4 is 58.6 Å². The average Bonchev–Trinajstić information content (AvgIpc) is 3.28. The van der Waals surface area contributed by atoms with Crippen molar-refractivity contribution in [3.8, 4) is 0 Å². The number of aryl methyl sites for hydroxylation is 2. The number of hydrogen-bond donors (Lipinski definition) is 0. The summed E-state index contributed by atoms with van der Waals surface area (Å²) in [5.41, 5.74) is 3.38. The number of rotatable bonds is 15. The predicted molar refractivity (Wildman–Crippen MR) is 188 cm³/mol. The summed E-state index contributed by atoms with van der Waals surface area (Å²) in [6, 6.07) is 11.3. The van der Waals surface area contributed by atoms with Gasteiger partial charge in [-0.05, 0) is 54.8 Å². The van der Waals surface area contributed by atoms with Crippen LogP contribution in [0.2, 0.25) is 51.4 Å². The van der Waals surface area contributed by atoms with Crippen molar-refractivity contribution in [3.63, 3.8) is 0 Å². The highest BCUT2D eigenvalue weighted by atomic mass is 31.2. The number of pyridine rings is 1. The van der Waals surface area contributed by atoms with Crippen LogP contribution in [0.1, 0.15) is 28.9 Å². The first-order valence-corrected chi connectivity index (χ1v) is 24.6. The average molecular weight is 686 g/mol. The Morgan fingerprint density at radius 3 is 2.33 bits per heavy atom. The summed E-state index contributed by atoms with van der Waals surface area (Å²) in [5, 5.41) is 1.04. The molecular formula is C33H48N3O7PSi2. The Morgan fingerprint density at radius 1 is 1.04 bits per heavy atom. The van der Waals surface area contributed by atoms with E-state index in [1.54, 1.807) is 24.2 Å². The van der Waals surface area contributed by atoms with Crippen LogP contribution in [0.3, 0.4) is 0 Å². The van der Waals surface area contributed by atoms with Crippen molar-refractivity contribution in [1.29, 1.82) is 0 Å². The molecule has 2 amide bonds. The number of nitrogens with zero attached hydrogens (tertiary/aromatic N) is 3. The number of hydrogen-bond acceptors (Lipinski definition) is 8. The maximum Gasteiger partial charge on any atom is 0.476 e. The third kappa shape index (κ3) is 10.1. The van der Waals surface area contributed by atoms with Gasteiger partial charge in [0.1, 0.15) is 23.9 Å². The molecule has 4 rings (SSSR count). The molecule has 0 N–H and O–H groups in total. The Labute approximate surface area is 274 Å². The molecule has 1 aliphatic heterocycles. The number of aromatic nitrogens is 1. The summed E-state index contributed by atoms with van der Waals surface area (Å²) in [6.07, 6.45) is 5.56. The maximum absolute atomic E-state index is 13.6. The number of carbonyl (C=O) groups is 2. The summed E-state index contributed by atoms with van der Waals surface area (Å²) >= 11 is 0. The third-order valence-electron chi connectivity index (χ3n) is 7.79.